The van der Waals surface area contributed by atoms with Gasteiger partial charge < -0.3 is 9.84 Å². The van der Waals surface area contributed by atoms with Gasteiger partial charge in [0.25, 0.3) is 0 Å². The third kappa shape index (κ3) is 6.82. The number of hydrogen-bond acceptors (Lipinski definition) is 4. The van der Waals surface area contributed by atoms with E-state index in [1.54, 1.807) is 0 Å². The number of alkyl halides is 3. The Labute approximate surface area is 98.9 Å². The van der Waals surface area contributed by atoms with E-state index in [4.69, 9.17) is 4.74 Å². The zero-order chi connectivity index (χ0) is 12.9. The summed E-state index contributed by atoms with van der Waals surface area (Å²) in [5.74, 6) is 0. The molecular weight excluding hydrogens is 237 g/mol. The van der Waals surface area contributed by atoms with Crippen molar-refractivity contribution in [2.24, 2.45) is 0 Å². The van der Waals surface area contributed by atoms with Crippen LogP contribution in [-0.4, -0.2) is 80.2 Å². The van der Waals surface area contributed by atoms with E-state index in [0.29, 0.717) is 19.8 Å². The van der Waals surface area contributed by atoms with Crippen molar-refractivity contribution < 1.29 is 23.0 Å². The van der Waals surface area contributed by atoms with Crippen molar-refractivity contribution >= 4 is 0 Å². The number of β-amino-alcohol motifs (C(OH)–C–C–N with tert-alkyl or cyclic N) is 1. The number of ether oxygens (including phenoxy) is 1. The molecule has 0 amide bonds. The molecule has 1 N–H and O–H groups in total. The van der Waals surface area contributed by atoms with Crippen LogP contribution < -0.4 is 0 Å². The Hall–Kier alpha value is -0.370. The van der Waals surface area contributed by atoms with Gasteiger partial charge in [-0.2, -0.15) is 13.2 Å². The molecule has 0 aromatic heterocycles. The van der Waals surface area contributed by atoms with E-state index in [2.05, 4.69) is 0 Å². The molecule has 1 aliphatic rings. The molecule has 1 atom stereocenters. The predicted octanol–water partition coefficient (Wildman–Crippen LogP) is 0.174. The highest BCUT2D eigenvalue weighted by molar-refractivity contribution is 4.71. The van der Waals surface area contributed by atoms with Gasteiger partial charge in [0.15, 0.2) is 0 Å². The van der Waals surface area contributed by atoms with Gasteiger partial charge in [0, 0.05) is 26.2 Å². The van der Waals surface area contributed by atoms with Gasteiger partial charge in [-0.05, 0) is 7.05 Å². The van der Waals surface area contributed by atoms with Crippen molar-refractivity contribution in [2.75, 3.05) is 53.0 Å². The molecule has 0 aromatic rings. The number of aliphatic hydroxyl groups excluding tert-OH is 1. The monoisotopic (exact) mass is 256 g/mol. The second-order valence-electron chi connectivity index (χ2n) is 4.38. The smallest absolute Gasteiger partial charge is 0.390 e. The second-order valence-corrected chi connectivity index (χ2v) is 4.38. The molecule has 0 spiro atoms. The highest BCUT2D eigenvalue weighted by atomic mass is 19.4. The molecular formula is C10H19F3N2O2. The molecule has 0 aromatic carbocycles. The van der Waals surface area contributed by atoms with E-state index < -0.39 is 18.8 Å². The number of halogens is 3. The third-order valence-electron chi connectivity index (χ3n) is 2.54. The molecule has 1 aliphatic heterocycles. The van der Waals surface area contributed by atoms with E-state index in [1.807, 2.05) is 4.90 Å². The summed E-state index contributed by atoms with van der Waals surface area (Å²) in [6.45, 7) is 2.10. The van der Waals surface area contributed by atoms with Crippen LogP contribution >= 0.6 is 0 Å². The lowest BCUT2D eigenvalue weighted by Gasteiger charge is -2.30. The van der Waals surface area contributed by atoms with Crippen LogP contribution in [0.15, 0.2) is 0 Å². The fraction of sp³-hybridized carbons (Fsp3) is 1.00. The quantitative estimate of drug-likeness (QED) is 0.761. The lowest BCUT2D eigenvalue weighted by atomic mass is 10.3. The van der Waals surface area contributed by atoms with Crippen LogP contribution in [0.25, 0.3) is 0 Å². The van der Waals surface area contributed by atoms with Crippen molar-refractivity contribution in [2.45, 2.75) is 12.3 Å². The molecule has 1 heterocycles. The first kappa shape index (κ1) is 14.7. The second kappa shape index (κ2) is 6.53. The van der Waals surface area contributed by atoms with Gasteiger partial charge in [-0.15, -0.1) is 0 Å². The highest BCUT2D eigenvalue weighted by Crippen LogP contribution is 2.15. The maximum atomic E-state index is 12.1. The Bertz CT molecular complexity index is 220. The summed E-state index contributed by atoms with van der Waals surface area (Å²) in [6, 6.07) is 0. The summed E-state index contributed by atoms with van der Waals surface area (Å²) in [6.07, 6.45) is -4.98. The molecule has 0 saturated carbocycles. The average molecular weight is 256 g/mol. The number of morpholine rings is 1. The Balaban J connectivity index is 2.21. The van der Waals surface area contributed by atoms with Crippen LogP contribution in [0, 0.1) is 0 Å². The van der Waals surface area contributed by atoms with E-state index in [-0.39, 0.29) is 6.54 Å². The van der Waals surface area contributed by atoms with Gasteiger partial charge >= 0.3 is 6.18 Å². The molecule has 102 valence electrons. The molecule has 17 heavy (non-hydrogen) atoms. The Kier molecular flexibility index (Phi) is 5.64. The summed E-state index contributed by atoms with van der Waals surface area (Å²) < 4.78 is 41.3. The minimum atomic E-state index is -4.21. The maximum absolute atomic E-state index is 12.1. The Morgan fingerprint density at radius 1 is 1.35 bits per heavy atom. The molecule has 0 radical (unpaired) electrons. The van der Waals surface area contributed by atoms with Gasteiger partial charge in [-0.1, -0.05) is 0 Å². The van der Waals surface area contributed by atoms with Crippen molar-refractivity contribution in [1.29, 1.82) is 0 Å². The Morgan fingerprint density at radius 2 is 1.94 bits per heavy atom. The van der Waals surface area contributed by atoms with Crippen molar-refractivity contribution in [3.05, 3.63) is 0 Å². The van der Waals surface area contributed by atoms with E-state index >= 15 is 0 Å². The van der Waals surface area contributed by atoms with Gasteiger partial charge in [-0.25, -0.2) is 0 Å². The largest absolute Gasteiger partial charge is 0.401 e. The van der Waals surface area contributed by atoms with Crippen LogP contribution in [0.2, 0.25) is 0 Å². The summed E-state index contributed by atoms with van der Waals surface area (Å²) in [7, 11) is 1.36. The molecule has 0 aliphatic carbocycles. The lowest BCUT2D eigenvalue weighted by Crippen LogP contribution is -2.45. The molecule has 1 unspecified atom stereocenters. The molecule has 1 fully saturated rings. The van der Waals surface area contributed by atoms with Crippen molar-refractivity contribution in [3.8, 4) is 0 Å². The van der Waals surface area contributed by atoms with Crippen LogP contribution in [-0.2, 0) is 4.74 Å². The standard InChI is InChI=1S/C10H19F3N2O2/c1-14(8-10(11,12)13)6-9(16)7-15-2-4-17-5-3-15/h9,16H,2-8H2,1H3. The third-order valence-corrected chi connectivity index (χ3v) is 2.54. The number of rotatable bonds is 5. The van der Waals surface area contributed by atoms with Crippen LogP contribution in [0.1, 0.15) is 0 Å². The number of aliphatic hydroxyl groups is 1. The topological polar surface area (TPSA) is 35.9 Å². The summed E-state index contributed by atoms with van der Waals surface area (Å²) in [4.78, 5) is 3.08. The predicted molar refractivity (Wildman–Crippen MR) is 56.8 cm³/mol. The van der Waals surface area contributed by atoms with Crippen LogP contribution in [0.4, 0.5) is 13.2 Å². The van der Waals surface area contributed by atoms with Gasteiger partial charge in [0.2, 0.25) is 0 Å². The maximum Gasteiger partial charge on any atom is 0.401 e. The van der Waals surface area contributed by atoms with Gasteiger partial charge in [0.1, 0.15) is 0 Å². The fourth-order valence-electron chi connectivity index (χ4n) is 1.87. The van der Waals surface area contributed by atoms with Gasteiger partial charge in [0.05, 0.1) is 25.9 Å². The first-order chi connectivity index (χ1) is 7.87. The number of hydrogen-bond donors (Lipinski definition) is 1. The highest BCUT2D eigenvalue weighted by Gasteiger charge is 2.30. The summed E-state index contributed by atoms with van der Waals surface area (Å²) in [5.41, 5.74) is 0. The van der Waals surface area contributed by atoms with Crippen molar-refractivity contribution in [3.63, 3.8) is 0 Å². The van der Waals surface area contributed by atoms with Gasteiger partial charge in [-0.3, -0.25) is 9.80 Å². The van der Waals surface area contributed by atoms with Crippen LogP contribution in [0.3, 0.4) is 0 Å². The molecule has 4 nitrogen and oxygen atoms in total. The molecule has 7 heteroatoms. The van der Waals surface area contributed by atoms with Crippen LogP contribution in [0.5, 0.6) is 0 Å². The number of nitrogens with zero attached hydrogens (tertiary/aromatic N) is 2. The fourth-order valence-corrected chi connectivity index (χ4v) is 1.87. The summed E-state index contributed by atoms with van der Waals surface area (Å²) >= 11 is 0. The zero-order valence-electron chi connectivity index (χ0n) is 9.91. The number of likely N-dealkylation sites (N-methyl/N-ethyl adjacent to an activating group) is 1. The van der Waals surface area contributed by atoms with Crippen molar-refractivity contribution in [1.82, 2.24) is 9.80 Å². The molecule has 0 bridgehead atoms. The van der Waals surface area contributed by atoms with E-state index in [0.717, 1.165) is 18.0 Å². The first-order valence-corrected chi connectivity index (χ1v) is 5.60. The normalized spacial score (nSPS) is 20.8. The molecule has 1 saturated heterocycles. The Morgan fingerprint density at radius 3 is 2.47 bits per heavy atom. The summed E-state index contributed by atoms with van der Waals surface area (Å²) in [5, 5.41) is 9.68. The van der Waals surface area contributed by atoms with E-state index in [9.17, 15) is 18.3 Å². The minimum Gasteiger partial charge on any atom is -0.390 e. The SMILES string of the molecule is CN(CC(O)CN1CCOCC1)CC(F)(F)F. The molecule has 1 rings (SSSR count). The average Bonchev–Trinajstić information content (AvgIpc) is 2.15. The lowest BCUT2D eigenvalue weighted by molar-refractivity contribution is -0.145. The first-order valence-electron chi connectivity index (χ1n) is 5.60. The zero-order valence-corrected chi connectivity index (χ0v) is 9.91. The van der Waals surface area contributed by atoms with E-state index in [1.165, 1.54) is 7.05 Å². The minimum absolute atomic E-state index is 0.0247.